The highest BCUT2D eigenvalue weighted by molar-refractivity contribution is 5.04. The van der Waals surface area contributed by atoms with E-state index in [9.17, 15) is 5.26 Å². The second kappa shape index (κ2) is 6.03. The van der Waals surface area contributed by atoms with Crippen LogP contribution in [0.2, 0.25) is 0 Å². The lowest BCUT2D eigenvalue weighted by molar-refractivity contribution is 0.152. The molecule has 0 amide bonds. The van der Waals surface area contributed by atoms with E-state index in [0.717, 1.165) is 25.9 Å². The summed E-state index contributed by atoms with van der Waals surface area (Å²) in [6.07, 6.45) is 2.10. The number of nitriles is 1. The SMILES string of the molecule is CCN(CC)C(C)(C#N)CCC(C)C. The summed E-state index contributed by atoms with van der Waals surface area (Å²) >= 11 is 0. The van der Waals surface area contributed by atoms with Gasteiger partial charge in [0.15, 0.2) is 0 Å². The van der Waals surface area contributed by atoms with Gasteiger partial charge in [0, 0.05) is 0 Å². The molecule has 0 aromatic carbocycles. The number of nitrogens with zero attached hydrogens (tertiary/aromatic N) is 2. The molecule has 2 heteroatoms. The van der Waals surface area contributed by atoms with Crippen LogP contribution in [0.4, 0.5) is 0 Å². The molecule has 1 unspecified atom stereocenters. The van der Waals surface area contributed by atoms with Crippen LogP contribution in [-0.4, -0.2) is 23.5 Å². The van der Waals surface area contributed by atoms with Gasteiger partial charge in [0.2, 0.25) is 0 Å². The first-order valence-electron chi connectivity index (χ1n) is 5.66. The van der Waals surface area contributed by atoms with Gasteiger partial charge in [-0.15, -0.1) is 0 Å². The smallest absolute Gasteiger partial charge is 0.106 e. The van der Waals surface area contributed by atoms with Gasteiger partial charge in [0.05, 0.1) is 6.07 Å². The molecule has 0 aliphatic heterocycles. The largest absolute Gasteiger partial charge is 0.286 e. The molecule has 14 heavy (non-hydrogen) atoms. The predicted octanol–water partition coefficient (Wildman–Crippen LogP) is 3.05. The van der Waals surface area contributed by atoms with Crippen molar-refractivity contribution >= 4 is 0 Å². The van der Waals surface area contributed by atoms with Crippen molar-refractivity contribution in [2.75, 3.05) is 13.1 Å². The molecule has 0 bridgehead atoms. The Balaban J connectivity index is 4.38. The van der Waals surface area contributed by atoms with Crippen molar-refractivity contribution in [3.63, 3.8) is 0 Å². The van der Waals surface area contributed by atoms with Crippen LogP contribution in [-0.2, 0) is 0 Å². The Morgan fingerprint density at radius 3 is 2.07 bits per heavy atom. The van der Waals surface area contributed by atoms with E-state index in [1.807, 2.05) is 0 Å². The van der Waals surface area contributed by atoms with E-state index >= 15 is 0 Å². The van der Waals surface area contributed by atoms with Crippen molar-refractivity contribution in [1.82, 2.24) is 4.90 Å². The minimum Gasteiger partial charge on any atom is -0.286 e. The van der Waals surface area contributed by atoms with Gasteiger partial charge in [0.1, 0.15) is 5.54 Å². The minimum atomic E-state index is -0.270. The van der Waals surface area contributed by atoms with E-state index in [4.69, 9.17) is 0 Å². The molecular formula is C12H24N2. The van der Waals surface area contributed by atoms with Crippen LogP contribution in [0.1, 0.15) is 47.5 Å². The zero-order chi connectivity index (χ0) is 11.2. The standard InChI is InChI=1S/C12H24N2/c1-6-14(7-2)12(5,10-13)9-8-11(3)4/h11H,6-9H2,1-5H3. The summed E-state index contributed by atoms with van der Waals surface area (Å²) in [7, 11) is 0. The first-order chi connectivity index (χ1) is 6.50. The lowest BCUT2D eigenvalue weighted by atomic mass is 9.91. The van der Waals surface area contributed by atoms with Crippen molar-refractivity contribution in [2.24, 2.45) is 5.92 Å². The van der Waals surface area contributed by atoms with Gasteiger partial charge in [-0.05, 0) is 38.8 Å². The summed E-state index contributed by atoms with van der Waals surface area (Å²) < 4.78 is 0. The molecule has 0 spiro atoms. The van der Waals surface area contributed by atoms with E-state index in [1.54, 1.807) is 0 Å². The fraction of sp³-hybridized carbons (Fsp3) is 0.917. The molecular weight excluding hydrogens is 172 g/mol. The van der Waals surface area contributed by atoms with Crippen LogP contribution < -0.4 is 0 Å². The molecule has 0 saturated heterocycles. The first-order valence-corrected chi connectivity index (χ1v) is 5.66. The molecule has 1 atom stereocenters. The molecule has 0 aliphatic rings. The summed E-state index contributed by atoms with van der Waals surface area (Å²) in [5.41, 5.74) is -0.270. The number of hydrogen-bond donors (Lipinski definition) is 0. The molecule has 0 heterocycles. The molecule has 0 radical (unpaired) electrons. The highest BCUT2D eigenvalue weighted by atomic mass is 15.2. The molecule has 82 valence electrons. The third kappa shape index (κ3) is 3.67. The average Bonchev–Trinajstić information content (AvgIpc) is 2.16. The Hall–Kier alpha value is -0.550. The Kier molecular flexibility index (Phi) is 5.79. The van der Waals surface area contributed by atoms with Crippen molar-refractivity contribution in [1.29, 1.82) is 5.26 Å². The monoisotopic (exact) mass is 196 g/mol. The summed E-state index contributed by atoms with van der Waals surface area (Å²) in [4.78, 5) is 2.25. The fourth-order valence-electron chi connectivity index (χ4n) is 1.78. The summed E-state index contributed by atoms with van der Waals surface area (Å²) in [5, 5.41) is 9.24. The highest BCUT2D eigenvalue weighted by Crippen LogP contribution is 2.22. The van der Waals surface area contributed by atoms with Crippen LogP contribution in [0.3, 0.4) is 0 Å². The van der Waals surface area contributed by atoms with Crippen molar-refractivity contribution < 1.29 is 0 Å². The van der Waals surface area contributed by atoms with Gasteiger partial charge in [-0.25, -0.2) is 0 Å². The third-order valence-corrected chi connectivity index (χ3v) is 2.91. The summed E-state index contributed by atoms with van der Waals surface area (Å²) in [6.45, 7) is 12.6. The second-order valence-corrected chi connectivity index (χ2v) is 4.49. The Labute approximate surface area is 88.9 Å². The summed E-state index contributed by atoms with van der Waals surface area (Å²) in [5.74, 6) is 0.679. The van der Waals surface area contributed by atoms with E-state index in [1.165, 1.54) is 0 Å². The first kappa shape index (κ1) is 13.4. The van der Waals surface area contributed by atoms with Gasteiger partial charge in [-0.2, -0.15) is 5.26 Å². The highest BCUT2D eigenvalue weighted by Gasteiger charge is 2.29. The fourth-order valence-corrected chi connectivity index (χ4v) is 1.78. The Morgan fingerprint density at radius 2 is 1.79 bits per heavy atom. The molecule has 0 fully saturated rings. The van der Waals surface area contributed by atoms with Crippen molar-refractivity contribution in [2.45, 2.75) is 53.0 Å². The lowest BCUT2D eigenvalue weighted by Gasteiger charge is -2.34. The van der Waals surface area contributed by atoms with Crippen LogP contribution >= 0.6 is 0 Å². The van der Waals surface area contributed by atoms with Crippen LogP contribution in [0, 0.1) is 17.2 Å². The van der Waals surface area contributed by atoms with E-state index < -0.39 is 0 Å². The Bertz CT molecular complexity index is 189. The topological polar surface area (TPSA) is 27.0 Å². The quantitative estimate of drug-likeness (QED) is 0.653. The molecule has 0 aromatic heterocycles. The number of hydrogen-bond acceptors (Lipinski definition) is 2. The molecule has 0 saturated carbocycles. The Morgan fingerprint density at radius 1 is 1.29 bits per heavy atom. The number of rotatable bonds is 6. The molecule has 0 aromatic rings. The second-order valence-electron chi connectivity index (χ2n) is 4.49. The zero-order valence-electron chi connectivity index (χ0n) is 10.3. The maximum absolute atomic E-state index is 9.24. The van der Waals surface area contributed by atoms with E-state index in [2.05, 4.69) is 45.6 Å². The lowest BCUT2D eigenvalue weighted by Crippen LogP contribution is -2.45. The predicted molar refractivity (Wildman–Crippen MR) is 61.0 cm³/mol. The zero-order valence-corrected chi connectivity index (χ0v) is 10.3. The van der Waals surface area contributed by atoms with Gasteiger partial charge in [-0.3, -0.25) is 4.90 Å². The van der Waals surface area contributed by atoms with Gasteiger partial charge in [0.25, 0.3) is 0 Å². The van der Waals surface area contributed by atoms with Gasteiger partial charge < -0.3 is 0 Å². The summed E-state index contributed by atoms with van der Waals surface area (Å²) in [6, 6.07) is 2.46. The average molecular weight is 196 g/mol. The maximum atomic E-state index is 9.24. The van der Waals surface area contributed by atoms with Crippen molar-refractivity contribution in [3.05, 3.63) is 0 Å². The minimum absolute atomic E-state index is 0.270. The normalized spacial score (nSPS) is 15.6. The molecule has 0 aliphatic carbocycles. The third-order valence-electron chi connectivity index (χ3n) is 2.91. The van der Waals surface area contributed by atoms with Crippen LogP contribution in [0.15, 0.2) is 0 Å². The maximum Gasteiger partial charge on any atom is 0.106 e. The van der Waals surface area contributed by atoms with E-state index in [0.29, 0.717) is 5.92 Å². The van der Waals surface area contributed by atoms with E-state index in [-0.39, 0.29) is 5.54 Å². The molecule has 2 nitrogen and oxygen atoms in total. The van der Waals surface area contributed by atoms with Crippen LogP contribution in [0.5, 0.6) is 0 Å². The van der Waals surface area contributed by atoms with Crippen LogP contribution in [0.25, 0.3) is 0 Å². The molecule has 0 rings (SSSR count). The van der Waals surface area contributed by atoms with Crippen molar-refractivity contribution in [3.8, 4) is 6.07 Å². The van der Waals surface area contributed by atoms with Gasteiger partial charge >= 0.3 is 0 Å². The molecule has 0 N–H and O–H groups in total. The van der Waals surface area contributed by atoms with Gasteiger partial charge in [-0.1, -0.05) is 27.7 Å².